The van der Waals surface area contributed by atoms with E-state index in [2.05, 4.69) is 6.07 Å². The average molecular weight is 386 g/mol. The Morgan fingerprint density at radius 2 is 1.68 bits per heavy atom. The number of anilines is 1. The Bertz CT molecular complexity index is 1210. The molecule has 3 aromatic carbocycles. The quantitative estimate of drug-likeness (QED) is 0.665. The summed E-state index contributed by atoms with van der Waals surface area (Å²) >= 11 is 0. The molecule has 0 bridgehead atoms. The normalized spacial score (nSPS) is 13.4. The van der Waals surface area contributed by atoms with Gasteiger partial charge >= 0.3 is 0 Å². The molecule has 1 aliphatic rings. The first-order valence-electron chi connectivity index (χ1n) is 8.90. The van der Waals surface area contributed by atoms with Gasteiger partial charge in [0, 0.05) is 5.56 Å². The van der Waals surface area contributed by atoms with E-state index in [1.807, 2.05) is 43.3 Å². The highest BCUT2D eigenvalue weighted by Gasteiger charge is 2.30. The summed E-state index contributed by atoms with van der Waals surface area (Å²) in [4.78, 5) is 0.255. The van der Waals surface area contributed by atoms with Crippen LogP contribution in [0, 0.1) is 18.3 Å². The molecule has 3 aromatic rings. The molecule has 0 spiro atoms. The number of hydrogen-bond donors (Lipinski definition) is 0. The van der Waals surface area contributed by atoms with Gasteiger partial charge in [0.15, 0.2) is 0 Å². The van der Waals surface area contributed by atoms with Crippen LogP contribution in [0.25, 0.3) is 5.57 Å². The van der Waals surface area contributed by atoms with Crippen molar-refractivity contribution in [2.24, 2.45) is 0 Å². The fourth-order valence-corrected chi connectivity index (χ4v) is 4.80. The van der Waals surface area contributed by atoms with Crippen LogP contribution < -0.4 is 4.31 Å². The Hall–Kier alpha value is -3.36. The van der Waals surface area contributed by atoms with Crippen LogP contribution in [0.1, 0.15) is 22.3 Å². The lowest BCUT2D eigenvalue weighted by Gasteiger charge is -2.30. The van der Waals surface area contributed by atoms with Gasteiger partial charge in [0.05, 0.1) is 28.8 Å². The van der Waals surface area contributed by atoms with E-state index in [1.165, 1.54) is 4.31 Å². The highest BCUT2D eigenvalue weighted by molar-refractivity contribution is 7.92. The van der Waals surface area contributed by atoms with Gasteiger partial charge in [0.1, 0.15) is 0 Å². The molecular formula is C23H18N2O2S. The van der Waals surface area contributed by atoms with Gasteiger partial charge in [-0.25, -0.2) is 8.42 Å². The summed E-state index contributed by atoms with van der Waals surface area (Å²) in [6.45, 7) is 2.16. The molecule has 0 saturated carbocycles. The minimum atomic E-state index is -3.71. The van der Waals surface area contributed by atoms with Crippen molar-refractivity contribution in [3.63, 3.8) is 0 Å². The summed E-state index contributed by atoms with van der Waals surface area (Å²) in [5.74, 6) is 0. The third-order valence-corrected chi connectivity index (χ3v) is 6.63. The highest BCUT2D eigenvalue weighted by atomic mass is 32.2. The molecule has 0 N–H and O–H groups in total. The van der Waals surface area contributed by atoms with Gasteiger partial charge < -0.3 is 0 Å². The van der Waals surface area contributed by atoms with Crippen molar-refractivity contribution in [3.8, 4) is 6.07 Å². The molecule has 138 valence electrons. The second-order valence-electron chi connectivity index (χ2n) is 6.68. The minimum absolute atomic E-state index is 0.235. The Balaban J connectivity index is 1.87. The maximum atomic E-state index is 13.3. The van der Waals surface area contributed by atoms with E-state index in [0.29, 0.717) is 11.3 Å². The van der Waals surface area contributed by atoms with Gasteiger partial charge in [-0.3, -0.25) is 4.31 Å². The van der Waals surface area contributed by atoms with E-state index >= 15 is 0 Å². The zero-order valence-electron chi connectivity index (χ0n) is 15.3. The van der Waals surface area contributed by atoms with Crippen LogP contribution in [0.5, 0.6) is 0 Å². The van der Waals surface area contributed by atoms with E-state index in [4.69, 9.17) is 0 Å². The highest BCUT2D eigenvalue weighted by Crippen LogP contribution is 2.38. The van der Waals surface area contributed by atoms with Crippen LogP contribution in [-0.2, 0) is 10.0 Å². The molecule has 0 aromatic heterocycles. The standard InChI is InChI=1S/C23H18N2O2S/c1-17-7-10-20(11-8-17)28(26,27)25-14-13-21(19-5-3-2-4-6-19)22-15-18(16-24)9-12-23(22)25/h2-13,15H,14H2,1H3. The largest absolute Gasteiger partial charge is 0.264 e. The molecule has 0 unspecified atom stereocenters. The third-order valence-electron chi connectivity index (χ3n) is 4.84. The predicted molar refractivity (Wildman–Crippen MR) is 110 cm³/mol. The molecular weight excluding hydrogens is 368 g/mol. The van der Waals surface area contributed by atoms with Gasteiger partial charge in [-0.1, -0.05) is 54.1 Å². The topological polar surface area (TPSA) is 61.2 Å². The Kier molecular flexibility index (Phi) is 4.50. The molecule has 1 heterocycles. The van der Waals surface area contributed by atoms with Crippen LogP contribution in [-0.4, -0.2) is 15.0 Å². The van der Waals surface area contributed by atoms with Crippen LogP contribution in [0.4, 0.5) is 5.69 Å². The summed E-state index contributed by atoms with van der Waals surface area (Å²) < 4.78 is 28.0. The lowest BCUT2D eigenvalue weighted by molar-refractivity contribution is 0.592. The number of aryl methyl sites for hydroxylation is 1. The van der Waals surface area contributed by atoms with Crippen LogP contribution in [0.15, 0.2) is 83.8 Å². The molecule has 0 radical (unpaired) electrons. The van der Waals surface area contributed by atoms with Gasteiger partial charge in [-0.15, -0.1) is 0 Å². The first kappa shape index (κ1) is 18.0. The van der Waals surface area contributed by atoms with Gasteiger partial charge in [-0.05, 0) is 48.4 Å². The number of benzene rings is 3. The van der Waals surface area contributed by atoms with Gasteiger partial charge in [0.25, 0.3) is 10.0 Å². The summed E-state index contributed by atoms with van der Waals surface area (Å²) in [6.07, 6.45) is 1.91. The van der Waals surface area contributed by atoms with Crippen LogP contribution >= 0.6 is 0 Å². The number of sulfonamides is 1. The fourth-order valence-electron chi connectivity index (χ4n) is 3.38. The van der Waals surface area contributed by atoms with E-state index in [0.717, 1.165) is 22.3 Å². The molecule has 1 aliphatic heterocycles. The SMILES string of the molecule is Cc1ccc(S(=O)(=O)N2CC=C(c3ccccc3)c3cc(C#N)ccc32)cc1. The average Bonchev–Trinajstić information content (AvgIpc) is 2.73. The fraction of sp³-hybridized carbons (Fsp3) is 0.0870. The lowest BCUT2D eigenvalue weighted by Crippen LogP contribution is -2.34. The zero-order chi connectivity index (χ0) is 19.7. The molecule has 4 rings (SSSR count). The molecule has 4 nitrogen and oxygen atoms in total. The Labute approximate surface area is 165 Å². The molecule has 0 fully saturated rings. The number of fused-ring (bicyclic) bond motifs is 1. The van der Waals surface area contributed by atoms with Crippen molar-refractivity contribution >= 4 is 21.3 Å². The second-order valence-corrected chi connectivity index (χ2v) is 8.54. The van der Waals surface area contributed by atoms with E-state index in [1.54, 1.807) is 42.5 Å². The van der Waals surface area contributed by atoms with Crippen molar-refractivity contribution in [1.29, 1.82) is 5.26 Å². The molecule has 0 saturated heterocycles. The number of rotatable bonds is 3. The first-order valence-corrected chi connectivity index (χ1v) is 10.3. The van der Waals surface area contributed by atoms with Crippen molar-refractivity contribution in [3.05, 3.63) is 101 Å². The third kappa shape index (κ3) is 3.08. The van der Waals surface area contributed by atoms with Crippen molar-refractivity contribution < 1.29 is 8.42 Å². The molecule has 0 aliphatic carbocycles. The van der Waals surface area contributed by atoms with Gasteiger partial charge in [0.2, 0.25) is 0 Å². The lowest BCUT2D eigenvalue weighted by atomic mass is 9.93. The monoisotopic (exact) mass is 386 g/mol. The van der Waals surface area contributed by atoms with Crippen molar-refractivity contribution in [1.82, 2.24) is 0 Å². The predicted octanol–water partition coefficient (Wildman–Crippen LogP) is 4.51. The summed E-state index contributed by atoms with van der Waals surface area (Å²) in [7, 11) is -3.71. The van der Waals surface area contributed by atoms with E-state index in [9.17, 15) is 13.7 Å². The smallest absolute Gasteiger partial charge is 0.262 e. The summed E-state index contributed by atoms with van der Waals surface area (Å²) in [5.41, 5.74) is 4.75. The van der Waals surface area contributed by atoms with Crippen LogP contribution in [0.3, 0.4) is 0 Å². The van der Waals surface area contributed by atoms with E-state index in [-0.39, 0.29) is 11.4 Å². The van der Waals surface area contributed by atoms with E-state index < -0.39 is 10.0 Å². The number of nitrogens with zero attached hydrogens (tertiary/aromatic N) is 2. The Morgan fingerprint density at radius 3 is 2.36 bits per heavy atom. The molecule has 28 heavy (non-hydrogen) atoms. The molecule has 0 atom stereocenters. The maximum absolute atomic E-state index is 13.3. The van der Waals surface area contributed by atoms with Crippen molar-refractivity contribution in [2.75, 3.05) is 10.8 Å². The number of hydrogen-bond acceptors (Lipinski definition) is 3. The number of nitriles is 1. The first-order chi connectivity index (χ1) is 13.5. The summed E-state index contributed by atoms with van der Waals surface area (Å²) in [6, 6.07) is 23.9. The van der Waals surface area contributed by atoms with Crippen molar-refractivity contribution in [2.45, 2.75) is 11.8 Å². The zero-order valence-corrected chi connectivity index (χ0v) is 16.1. The molecule has 0 amide bonds. The van der Waals surface area contributed by atoms with Crippen LogP contribution in [0.2, 0.25) is 0 Å². The minimum Gasteiger partial charge on any atom is -0.262 e. The second kappa shape index (κ2) is 6.99. The Morgan fingerprint density at radius 1 is 0.964 bits per heavy atom. The van der Waals surface area contributed by atoms with Gasteiger partial charge in [-0.2, -0.15) is 5.26 Å². The summed E-state index contributed by atoms with van der Waals surface area (Å²) in [5, 5.41) is 9.32. The molecule has 5 heteroatoms. The maximum Gasteiger partial charge on any atom is 0.264 e.